The Kier molecular flexibility index (Phi) is 13.2. The van der Waals surface area contributed by atoms with E-state index in [1.165, 1.54) is 25.7 Å². The lowest BCUT2D eigenvalue weighted by Crippen LogP contribution is -2.58. The van der Waals surface area contributed by atoms with Crippen LogP contribution in [0.4, 0.5) is 0 Å². The van der Waals surface area contributed by atoms with Gasteiger partial charge in [0.05, 0.1) is 18.3 Å². The Balaban J connectivity index is 0.000000860. The number of hydrogen-bond acceptors (Lipinski definition) is 12. The molecule has 0 amide bonds. The van der Waals surface area contributed by atoms with Crippen LogP contribution in [0, 0.1) is 22.7 Å². The van der Waals surface area contributed by atoms with Crippen LogP contribution in [0.5, 0.6) is 0 Å². The zero-order valence-electron chi connectivity index (χ0n) is 25.7. The van der Waals surface area contributed by atoms with Crippen molar-refractivity contribution in [1.82, 2.24) is 4.90 Å². The van der Waals surface area contributed by atoms with Gasteiger partial charge in [0.25, 0.3) is 0 Å². The van der Waals surface area contributed by atoms with E-state index in [1.807, 2.05) is 6.92 Å². The maximum Gasteiger partial charge on any atom is 0.398 e. The summed E-state index contributed by atoms with van der Waals surface area (Å²) in [6.07, 6.45) is 0.373. The molecule has 15 nitrogen and oxygen atoms in total. The van der Waals surface area contributed by atoms with Crippen molar-refractivity contribution >= 4 is 37.2 Å². The molecule has 256 valence electrons. The van der Waals surface area contributed by atoms with Crippen molar-refractivity contribution in [2.24, 2.45) is 22.7 Å². The van der Waals surface area contributed by atoms with Gasteiger partial charge in [-0.2, -0.15) is 25.3 Å². The largest absolute Gasteiger partial charge is 0.459 e. The van der Waals surface area contributed by atoms with E-state index in [9.17, 15) is 39.2 Å². The number of carbonyl (C=O) groups excluding carboxylic acids is 1. The number of esters is 1. The second-order valence-corrected chi connectivity index (χ2v) is 14.9. The van der Waals surface area contributed by atoms with Gasteiger partial charge in [-0.25, -0.2) is 17.3 Å². The Morgan fingerprint density at radius 2 is 1.52 bits per heavy atom. The van der Waals surface area contributed by atoms with Gasteiger partial charge in [0, 0.05) is 5.41 Å². The predicted octanol–water partition coefficient (Wildman–Crippen LogP) is 2.79. The van der Waals surface area contributed by atoms with E-state index in [-0.39, 0.29) is 24.3 Å². The highest BCUT2D eigenvalue weighted by Crippen LogP contribution is 2.62. The summed E-state index contributed by atoms with van der Waals surface area (Å²) >= 11 is 0. The summed E-state index contributed by atoms with van der Waals surface area (Å²) in [6.45, 7) is 16.7. The first-order valence-electron chi connectivity index (χ1n) is 14.3. The average molecular weight is 692 g/mol. The third kappa shape index (κ3) is 10.3. The summed E-state index contributed by atoms with van der Waals surface area (Å²) in [5.41, 5.74) is -1.29. The van der Waals surface area contributed by atoms with Crippen LogP contribution in [0.25, 0.3) is 0 Å². The molecular formula is C26H45NO14S3. The number of fused-ring (bicyclic) bond motifs is 1. The minimum absolute atomic E-state index is 0.0645. The number of carbonyl (C=O) groups is 1. The van der Waals surface area contributed by atoms with Crippen LogP contribution in [0.1, 0.15) is 66.7 Å². The fourth-order valence-corrected chi connectivity index (χ4v) is 8.38. The number of hydrogen-bond donors (Lipinski definition) is 3. The van der Waals surface area contributed by atoms with E-state index in [2.05, 4.69) is 40.6 Å². The third-order valence-electron chi connectivity index (χ3n) is 9.17. The molecule has 0 unspecified atom stereocenters. The van der Waals surface area contributed by atoms with E-state index < -0.39 is 79.3 Å². The third-order valence-corrected chi connectivity index (χ3v) is 10.5. The maximum atomic E-state index is 12.2. The molecule has 1 saturated heterocycles. The number of cyclic esters (lactones) is 1. The van der Waals surface area contributed by atoms with Gasteiger partial charge < -0.3 is 9.64 Å². The highest BCUT2D eigenvalue weighted by Gasteiger charge is 2.59. The van der Waals surface area contributed by atoms with Crippen molar-refractivity contribution in [3.05, 3.63) is 23.8 Å². The number of ether oxygens (including phenoxy) is 1. The number of allylic oxidation sites excluding steroid dienone is 2. The maximum absolute atomic E-state index is 12.2. The summed E-state index contributed by atoms with van der Waals surface area (Å²) in [5, 5.41) is 0. The van der Waals surface area contributed by atoms with E-state index in [1.54, 1.807) is 6.92 Å². The molecular weight excluding hydrogens is 646 g/mol. The Bertz CT molecular complexity index is 1380. The highest BCUT2D eigenvalue weighted by molar-refractivity contribution is 7.81. The van der Waals surface area contributed by atoms with Gasteiger partial charge in [-0.05, 0) is 69.0 Å². The molecule has 3 fully saturated rings. The van der Waals surface area contributed by atoms with Gasteiger partial charge in [0.15, 0.2) is 0 Å². The fourth-order valence-electron chi connectivity index (χ4n) is 6.92. The fraction of sp³-hybridized carbons (Fsp3) is 0.808. The minimum atomic E-state index is -4.91. The van der Waals surface area contributed by atoms with Crippen LogP contribution in [-0.2, 0) is 53.3 Å². The smallest absolute Gasteiger partial charge is 0.398 e. The van der Waals surface area contributed by atoms with Crippen LogP contribution in [0.3, 0.4) is 0 Å². The van der Waals surface area contributed by atoms with Gasteiger partial charge >= 0.3 is 37.2 Å². The van der Waals surface area contributed by atoms with Gasteiger partial charge in [0.2, 0.25) is 0 Å². The molecule has 0 aromatic carbocycles. The van der Waals surface area contributed by atoms with E-state index >= 15 is 0 Å². The van der Waals surface area contributed by atoms with Crippen molar-refractivity contribution in [2.45, 2.75) is 78.9 Å². The van der Waals surface area contributed by atoms with Crippen LogP contribution in [0.2, 0.25) is 0 Å². The lowest BCUT2D eigenvalue weighted by Gasteiger charge is -2.60. The van der Waals surface area contributed by atoms with Gasteiger partial charge in [-0.1, -0.05) is 52.8 Å². The molecule has 3 rings (SSSR count). The van der Waals surface area contributed by atoms with Gasteiger partial charge in [-0.3, -0.25) is 13.7 Å². The quantitative estimate of drug-likeness (QED) is 0.116. The predicted molar refractivity (Wildman–Crippen MR) is 158 cm³/mol. The number of rotatable bonds is 12. The molecule has 1 aliphatic heterocycles. The Hall–Kier alpha value is -1.48. The molecule has 1 heterocycles. The minimum Gasteiger partial charge on any atom is -0.459 e. The summed E-state index contributed by atoms with van der Waals surface area (Å²) in [7, 11) is -14.7. The SMILES string of the molecule is C=C1CC[C@@H]2[C@](C)(COS(=O)(=O)O)[C@H](OS(=O)(=O)O)CC[C@@]2(C)[C@@H]1C/C=C1/C(=O)OC[C@H]1OS(=O)(=O)O.CCN(CC)CC. The van der Waals surface area contributed by atoms with Crippen LogP contribution in [-0.4, -0.2) is 94.8 Å². The lowest BCUT2D eigenvalue weighted by molar-refractivity contribution is -0.139. The molecule has 3 N–H and O–H groups in total. The summed E-state index contributed by atoms with van der Waals surface area (Å²) in [4.78, 5) is 14.6. The van der Waals surface area contributed by atoms with Crippen molar-refractivity contribution in [3.63, 3.8) is 0 Å². The van der Waals surface area contributed by atoms with Crippen molar-refractivity contribution in [2.75, 3.05) is 32.8 Å². The lowest BCUT2D eigenvalue weighted by atomic mass is 9.46. The van der Waals surface area contributed by atoms with E-state index in [4.69, 9.17) is 13.5 Å². The molecule has 0 bridgehead atoms. The standard InChI is InChI=1S/C20H30O14S3.C6H15N/c1-12-4-7-16-19(2,14(12)6-5-13-15(10-31-18(13)21)33-36(25,26)27)9-8-17(34-37(28,29)30)20(16,3)11-32-35(22,23)24;1-4-7(5-2)6-3/h5,14-17H,1,4,6-11H2,2-3H3,(H,22,23,24)(H,25,26,27)(H,28,29,30);4-6H2,1-3H3/b13-5+;/t14-,15-,16+,17-,19+,20+;/m1./s1. The molecule has 0 aromatic heterocycles. The molecule has 0 radical (unpaired) electrons. The first-order valence-corrected chi connectivity index (χ1v) is 18.4. The Morgan fingerprint density at radius 1 is 0.955 bits per heavy atom. The molecule has 3 aliphatic rings. The molecule has 44 heavy (non-hydrogen) atoms. The van der Waals surface area contributed by atoms with Crippen molar-refractivity contribution in [3.8, 4) is 0 Å². The molecule has 18 heteroatoms. The second kappa shape index (κ2) is 15.0. The van der Waals surface area contributed by atoms with Gasteiger partial charge in [0.1, 0.15) is 12.7 Å². The van der Waals surface area contributed by atoms with Crippen molar-refractivity contribution < 1.29 is 61.0 Å². The first-order chi connectivity index (χ1) is 20.1. The first kappa shape index (κ1) is 38.7. The zero-order valence-corrected chi connectivity index (χ0v) is 28.1. The second-order valence-electron chi connectivity index (χ2n) is 11.7. The Morgan fingerprint density at radius 3 is 2.00 bits per heavy atom. The normalized spacial score (nSPS) is 32.2. The van der Waals surface area contributed by atoms with Crippen molar-refractivity contribution in [1.29, 1.82) is 0 Å². The molecule has 2 saturated carbocycles. The van der Waals surface area contributed by atoms with Crippen LogP contribution >= 0.6 is 0 Å². The van der Waals surface area contributed by atoms with E-state index in [0.29, 0.717) is 19.3 Å². The highest BCUT2D eigenvalue weighted by atomic mass is 32.3. The molecule has 6 atom stereocenters. The zero-order chi connectivity index (χ0) is 33.7. The summed E-state index contributed by atoms with van der Waals surface area (Å²) < 4.78 is 115. The van der Waals surface area contributed by atoms with E-state index in [0.717, 1.165) is 5.57 Å². The number of nitrogens with zero attached hydrogens (tertiary/aromatic N) is 1. The average Bonchev–Trinajstić information content (AvgIpc) is 3.22. The monoisotopic (exact) mass is 691 g/mol. The van der Waals surface area contributed by atoms with Gasteiger partial charge in [-0.15, -0.1) is 0 Å². The molecule has 2 aliphatic carbocycles. The Labute approximate surface area is 260 Å². The van der Waals surface area contributed by atoms with Crippen LogP contribution < -0.4 is 0 Å². The summed E-state index contributed by atoms with van der Waals surface area (Å²) in [6, 6.07) is 0. The summed E-state index contributed by atoms with van der Waals surface area (Å²) in [5.74, 6) is -1.62. The molecule has 0 aromatic rings. The molecule has 0 spiro atoms. The topological polar surface area (TPSA) is 220 Å². The van der Waals surface area contributed by atoms with Crippen LogP contribution in [0.15, 0.2) is 23.8 Å².